The van der Waals surface area contributed by atoms with Crippen LogP contribution in [0.1, 0.15) is 29.2 Å². The third-order valence-electron chi connectivity index (χ3n) is 2.48. The van der Waals surface area contributed by atoms with Gasteiger partial charge in [-0.2, -0.15) is 0 Å². The van der Waals surface area contributed by atoms with Gasteiger partial charge < -0.3 is 0 Å². The van der Waals surface area contributed by atoms with Crippen molar-refractivity contribution in [3.05, 3.63) is 34.4 Å². The molecule has 0 fully saturated rings. The number of benzene rings is 1. The highest BCUT2D eigenvalue weighted by Crippen LogP contribution is 2.16. The molecule has 0 atom stereocenters. The molecular formula is C12H17N. The third kappa shape index (κ3) is 1.97. The van der Waals surface area contributed by atoms with E-state index in [1.165, 1.54) is 22.3 Å². The lowest BCUT2D eigenvalue weighted by Crippen LogP contribution is -1.96. The van der Waals surface area contributed by atoms with E-state index < -0.39 is 0 Å². The molecule has 1 nitrogen and oxygen atoms in total. The van der Waals surface area contributed by atoms with Crippen molar-refractivity contribution in [2.24, 2.45) is 4.99 Å². The van der Waals surface area contributed by atoms with Gasteiger partial charge in [-0.15, -0.1) is 0 Å². The van der Waals surface area contributed by atoms with Crippen LogP contribution in [0.5, 0.6) is 0 Å². The maximum atomic E-state index is 4.08. The fourth-order valence-corrected chi connectivity index (χ4v) is 1.62. The fraction of sp³-hybridized carbons (Fsp3) is 0.417. The molecule has 0 aliphatic heterocycles. The summed E-state index contributed by atoms with van der Waals surface area (Å²) in [6, 6.07) is 4.38. The van der Waals surface area contributed by atoms with Crippen LogP contribution in [0.2, 0.25) is 0 Å². The Hall–Kier alpha value is -1.11. The lowest BCUT2D eigenvalue weighted by molar-refractivity contribution is 1.10. The maximum absolute atomic E-state index is 4.08. The van der Waals surface area contributed by atoms with Crippen LogP contribution in [0.15, 0.2) is 17.1 Å². The van der Waals surface area contributed by atoms with Crippen LogP contribution in [-0.4, -0.2) is 13.3 Å². The topological polar surface area (TPSA) is 12.4 Å². The first-order chi connectivity index (χ1) is 6.20. The average molecular weight is 175 g/mol. The Morgan fingerprint density at radius 1 is 1.31 bits per heavy atom. The molecule has 0 aromatic heterocycles. The molecule has 0 heterocycles. The van der Waals surface area contributed by atoms with Crippen LogP contribution in [-0.2, 0) is 6.42 Å². The first-order valence-corrected chi connectivity index (χ1v) is 4.72. The van der Waals surface area contributed by atoms with Crippen molar-refractivity contribution in [3.8, 4) is 0 Å². The monoisotopic (exact) mass is 175 g/mol. The zero-order valence-corrected chi connectivity index (χ0v) is 8.89. The SMILES string of the molecule is CCc1ccc(C)c(/C=N\C)c1C. The normalized spacial score (nSPS) is 11.1. The number of hydrogen-bond donors (Lipinski definition) is 0. The van der Waals surface area contributed by atoms with Crippen LogP contribution >= 0.6 is 0 Å². The minimum absolute atomic E-state index is 1.09. The molecule has 0 radical (unpaired) electrons. The highest BCUT2D eigenvalue weighted by molar-refractivity contribution is 5.84. The van der Waals surface area contributed by atoms with Gasteiger partial charge in [-0.1, -0.05) is 19.1 Å². The Labute approximate surface area is 80.5 Å². The van der Waals surface area contributed by atoms with E-state index in [0.717, 1.165) is 6.42 Å². The predicted molar refractivity (Wildman–Crippen MR) is 58.8 cm³/mol. The minimum Gasteiger partial charge on any atom is -0.296 e. The molecule has 1 aromatic rings. The first kappa shape index (κ1) is 9.97. The fourth-order valence-electron chi connectivity index (χ4n) is 1.62. The number of nitrogens with zero attached hydrogens (tertiary/aromatic N) is 1. The molecule has 1 rings (SSSR count). The summed E-state index contributed by atoms with van der Waals surface area (Å²) in [5.41, 5.74) is 5.37. The predicted octanol–water partition coefficient (Wildman–Crippen LogP) is 2.91. The molecule has 0 bridgehead atoms. The van der Waals surface area contributed by atoms with Crippen molar-refractivity contribution in [1.29, 1.82) is 0 Å². The summed E-state index contributed by atoms with van der Waals surface area (Å²) in [4.78, 5) is 4.08. The molecule has 1 aromatic carbocycles. The molecule has 0 aliphatic carbocycles. The molecule has 0 saturated heterocycles. The van der Waals surface area contributed by atoms with Gasteiger partial charge in [-0.3, -0.25) is 4.99 Å². The van der Waals surface area contributed by atoms with E-state index in [1.807, 2.05) is 13.3 Å². The second-order valence-electron chi connectivity index (χ2n) is 3.32. The highest BCUT2D eigenvalue weighted by atomic mass is 14.6. The van der Waals surface area contributed by atoms with Crippen molar-refractivity contribution in [2.75, 3.05) is 7.05 Å². The zero-order chi connectivity index (χ0) is 9.84. The van der Waals surface area contributed by atoms with Crippen LogP contribution in [0.25, 0.3) is 0 Å². The van der Waals surface area contributed by atoms with E-state index in [0.29, 0.717) is 0 Å². The van der Waals surface area contributed by atoms with E-state index in [9.17, 15) is 0 Å². The van der Waals surface area contributed by atoms with Crippen LogP contribution in [0.4, 0.5) is 0 Å². The van der Waals surface area contributed by atoms with Crippen molar-refractivity contribution in [2.45, 2.75) is 27.2 Å². The standard InChI is InChI=1S/C12H17N/c1-5-11-7-6-9(2)12(8-13-4)10(11)3/h6-8H,5H2,1-4H3/b13-8-. The summed E-state index contributed by atoms with van der Waals surface area (Å²) in [6.07, 6.45) is 3.04. The smallest absolute Gasteiger partial charge is 0.0286 e. The molecule has 0 aliphatic rings. The Morgan fingerprint density at radius 3 is 2.54 bits per heavy atom. The Morgan fingerprint density at radius 2 is 2.00 bits per heavy atom. The quantitative estimate of drug-likeness (QED) is 0.613. The maximum Gasteiger partial charge on any atom is 0.0286 e. The summed E-state index contributed by atoms with van der Waals surface area (Å²) in [6.45, 7) is 6.48. The second kappa shape index (κ2) is 4.22. The van der Waals surface area contributed by atoms with Gasteiger partial charge in [-0.05, 0) is 42.5 Å². The van der Waals surface area contributed by atoms with E-state index >= 15 is 0 Å². The summed E-state index contributed by atoms with van der Waals surface area (Å²) in [7, 11) is 1.82. The van der Waals surface area contributed by atoms with E-state index in [4.69, 9.17) is 0 Å². The van der Waals surface area contributed by atoms with E-state index in [2.05, 4.69) is 37.9 Å². The Bertz CT molecular complexity index is 324. The molecule has 1 heteroatoms. The lowest BCUT2D eigenvalue weighted by Gasteiger charge is -2.09. The van der Waals surface area contributed by atoms with Gasteiger partial charge in [0, 0.05) is 13.3 Å². The summed E-state index contributed by atoms with van der Waals surface area (Å²) >= 11 is 0. The molecule has 13 heavy (non-hydrogen) atoms. The van der Waals surface area contributed by atoms with Crippen LogP contribution in [0, 0.1) is 13.8 Å². The number of aliphatic imine (C=N–C) groups is 1. The average Bonchev–Trinajstić information content (AvgIpc) is 2.12. The molecule has 0 unspecified atom stereocenters. The van der Waals surface area contributed by atoms with Crippen LogP contribution < -0.4 is 0 Å². The summed E-state index contributed by atoms with van der Waals surface area (Å²) in [5, 5.41) is 0. The minimum atomic E-state index is 1.09. The zero-order valence-electron chi connectivity index (χ0n) is 8.89. The van der Waals surface area contributed by atoms with E-state index in [-0.39, 0.29) is 0 Å². The Kier molecular flexibility index (Phi) is 3.24. The van der Waals surface area contributed by atoms with Crippen LogP contribution in [0.3, 0.4) is 0 Å². The largest absolute Gasteiger partial charge is 0.296 e. The van der Waals surface area contributed by atoms with Crippen molar-refractivity contribution >= 4 is 6.21 Å². The second-order valence-corrected chi connectivity index (χ2v) is 3.32. The molecule has 0 N–H and O–H groups in total. The number of rotatable bonds is 2. The Balaban J connectivity index is 3.29. The van der Waals surface area contributed by atoms with Crippen molar-refractivity contribution in [3.63, 3.8) is 0 Å². The molecule has 0 saturated carbocycles. The van der Waals surface area contributed by atoms with Gasteiger partial charge >= 0.3 is 0 Å². The number of hydrogen-bond acceptors (Lipinski definition) is 1. The highest BCUT2D eigenvalue weighted by Gasteiger charge is 2.03. The van der Waals surface area contributed by atoms with Gasteiger partial charge in [0.2, 0.25) is 0 Å². The first-order valence-electron chi connectivity index (χ1n) is 4.72. The third-order valence-corrected chi connectivity index (χ3v) is 2.48. The van der Waals surface area contributed by atoms with Gasteiger partial charge in [0.1, 0.15) is 0 Å². The van der Waals surface area contributed by atoms with Gasteiger partial charge in [0.25, 0.3) is 0 Å². The van der Waals surface area contributed by atoms with Gasteiger partial charge in [0.05, 0.1) is 0 Å². The van der Waals surface area contributed by atoms with Crippen molar-refractivity contribution < 1.29 is 0 Å². The van der Waals surface area contributed by atoms with E-state index in [1.54, 1.807) is 0 Å². The lowest BCUT2D eigenvalue weighted by atomic mass is 9.97. The summed E-state index contributed by atoms with van der Waals surface area (Å²) < 4.78 is 0. The van der Waals surface area contributed by atoms with Crippen molar-refractivity contribution in [1.82, 2.24) is 0 Å². The van der Waals surface area contributed by atoms with Gasteiger partial charge in [0.15, 0.2) is 0 Å². The molecular weight excluding hydrogens is 158 g/mol. The number of aryl methyl sites for hydroxylation is 2. The molecule has 70 valence electrons. The van der Waals surface area contributed by atoms with Gasteiger partial charge in [-0.25, -0.2) is 0 Å². The molecule has 0 amide bonds. The molecule has 0 spiro atoms. The summed E-state index contributed by atoms with van der Waals surface area (Å²) in [5.74, 6) is 0.